The number of pyridine rings is 1. The van der Waals surface area contributed by atoms with Crippen LogP contribution >= 0.6 is 0 Å². The molecule has 4 rings (SSSR count). The van der Waals surface area contributed by atoms with Crippen LogP contribution in [0.2, 0.25) is 0 Å². The summed E-state index contributed by atoms with van der Waals surface area (Å²) in [6.07, 6.45) is 2.25. The van der Waals surface area contributed by atoms with Crippen molar-refractivity contribution >= 4 is 0 Å². The molecule has 1 heterocycles. The van der Waals surface area contributed by atoms with Gasteiger partial charge >= 0.3 is 0 Å². The van der Waals surface area contributed by atoms with Gasteiger partial charge in [-0.2, -0.15) is 0 Å². The number of hydrogen-bond donors (Lipinski definition) is 1. The number of fused-ring (bicyclic) bond motifs is 2. The molecule has 0 fully saturated rings. The first-order chi connectivity index (χ1) is 11.5. The van der Waals surface area contributed by atoms with E-state index in [1.807, 2.05) is 30.3 Å². The Kier molecular flexibility index (Phi) is 3.33. The molecule has 0 radical (unpaired) electrons. The van der Waals surface area contributed by atoms with Crippen LogP contribution < -0.4 is 0 Å². The molecule has 120 valence electrons. The quantitative estimate of drug-likeness (QED) is 0.769. The number of nitrogens with zero attached hydrogens (tertiary/aromatic N) is 1. The molecule has 0 saturated heterocycles. The minimum atomic E-state index is -1.06. The van der Waals surface area contributed by atoms with Crippen LogP contribution in [0.3, 0.4) is 0 Å². The number of aliphatic hydroxyl groups is 1. The zero-order chi connectivity index (χ0) is 16.8. The van der Waals surface area contributed by atoms with Gasteiger partial charge in [0.25, 0.3) is 0 Å². The van der Waals surface area contributed by atoms with Crippen molar-refractivity contribution in [3.8, 4) is 0 Å². The van der Waals surface area contributed by atoms with Crippen LogP contribution in [-0.2, 0) is 17.4 Å². The smallest absolute Gasteiger partial charge is 0.121 e. The summed E-state index contributed by atoms with van der Waals surface area (Å²) in [6, 6.07) is 22.3. The van der Waals surface area contributed by atoms with Crippen molar-refractivity contribution in [1.82, 2.24) is 4.98 Å². The second-order valence-electron chi connectivity index (χ2n) is 7.07. The molecular weight excluding hydrogens is 294 g/mol. The average Bonchev–Trinajstić information content (AvgIpc) is 2.62. The molecule has 0 bridgehead atoms. The molecule has 24 heavy (non-hydrogen) atoms. The molecule has 0 saturated carbocycles. The molecule has 0 aliphatic heterocycles. The summed E-state index contributed by atoms with van der Waals surface area (Å²) in [7, 11) is 0. The molecule has 0 spiro atoms. The summed E-state index contributed by atoms with van der Waals surface area (Å²) in [4.78, 5) is 4.44. The van der Waals surface area contributed by atoms with Crippen LogP contribution in [0.15, 0.2) is 72.9 Å². The molecule has 1 aromatic heterocycles. The highest BCUT2D eigenvalue weighted by atomic mass is 16.3. The third-order valence-electron chi connectivity index (χ3n) is 5.26. The molecule has 0 atom stereocenters. The van der Waals surface area contributed by atoms with Crippen molar-refractivity contribution in [3.63, 3.8) is 0 Å². The van der Waals surface area contributed by atoms with Gasteiger partial charge in [-0.3, -0.25) is 4.98 Å². The van der Waals surface area contributed by atoms with E-state index in [4.69, 9.17) is 0 Å². The van der Waals surface area contributed by atoms with Crippen molar-refractivity contribution in [1.29, 1.82) is 0 Å². The number of hydrogen-bond acceptors (Lipinski definition) is 2. The van der Waals surface area contributed by atoms with Crippen LogP contribution in [0.25, 0.3) is 0 Å². The van der Waals surface area contributed by atoms with E-state index in [0.717, 1.165) is 16.8 Å². The van der Waals surface area contributed by atoms with Crippen molar-refractivity contribution < 1.29 is 5.11 Å². The summed E-state index contributed by atoms with van der Waals surface area (Å²) in [5.41, 5.74) is 4.04. The van der Waals surface area contributed by atoms with E-state index >= 15 is 0 Å². The molecule has 2 heteroatoms. The second-order valence-corrected chi connectivity index (χ2v) is 7.07. The van der Waals surface area contributed by atoms with E-state index in [9.17, 15) is 5.11 Å². The Morgan fingerprint density at radius 3 is 1.75 bits per heavy atom. The first kappa shape index (κ1) is 15.1. The van der Waals surface area contributed by atoms with Gasteiger partial charge in [-0.15, -0.1) is 0 Å². The molecule has 2 nitrogen and oxygen atoms in total. The second kappa shape index (κ2) is 5.29. The predicted octanol–water partition coefficient (Wildman–Crippen LogP) is 4.20. The number of benzene rings is 2. The van der Waals surface area contributed by atoms with E-state index in [-0.39, 0.29) is 5.41 Å². The molecule has 1 N–H and O–H groups in total. The highest BCUT2D eigenvalue weighted by Gasteiger charge is 2.45. The van der Waals surface area contributed by atoms with Gasteiger partial charge in [-0.05, 0) is 34.4 Å². The fourth-order valence-electron chi connectivity index (χ4n) is 4.02. The van der Waals surface area contributed by atoms with Crippen LogP contribution in [0.5, 0.6) is 0 Å². The lowest BCUT2D eigenvalue weighted by Gasteiger charge is -2.44. The monoisotopic (exact) mass is 315 g/mol. The Morgan fingerprint density at radius 1 is 0.750 bits per heavy atom. The van der Waals surface area contributed by atoms with E-state index in [1.165, 1.54) is 11.1 Å². The van der Waals surface area contributed by atoms with Gasteiger partial charge < -0.3 is 5.11 Å². The highest BCUT2D eigenvalue weighted by Crippen LogP contribution is 2.49. The first-order valence-corrected chi connectivity index (χ1v) is 8.36. The van der Waals surface area contributed by atoms with Gasteiger partial charge in [0.2, 0.25) is 0 Å². The standard InChI is InChI=1S/C22H21NO/c1-21(2)17-10-3-5-12-19(17)22(24,15-16-9-7-8-14-23-16)20-13-6-4-11-18(20)21/h3-14,24H,15H2,1-2H3. The first-order valence-electron chi connectivity index (χ1n) is 8.36. The number of aromatic nitrogens is 1. The molecule has 1 aliphatic carbocycles. The summed E-state index contributed by atoms with van der Waals surface area (Å²) in [5.74, 6) is 0. The van der Waals surface area contributed by atoms with Gasteiger partial charge in [0, 0.05) is 23.7 Å². The van der Waals surface area contributed by atoms with Gasteiger partial charge in [0.15, 0.2) is 0 Å². The van der Waals surface area contributed by atoms with Crippen molar-refractivity contribution in [2.24, 2.45) is 0 Å². The van der Waals surface area contributed by atoms with Gasteiger partial charge in [-0.1, -0.05) is 68.4 Å². The van der Waals surface area contributed by atoms with Crippen molar-refractivity contribution in [3.05, 3.63) is 101 Å². The summed E-state index contributed by atoms with van der Waals surface area (Å²) >= 11 is 0. The topological polar surface area (TPSA) is 33.1 Å². The third kappa shape index (κ3) is 2.10. The summed E-state index contributed by atoms with van der Waals surface area (Å²) in [5, 5.41) is 11.8. The lowest BCUT2D eigenvalue weighted by atomic mass is 9.62. The van der Waals surface area contributed by atoms with Gasteiger partial charge in [0.1, 0.15) is 5.60 Å². The van der Waals surface area contributed by atoms with Gasteiger partial charge in [0.05, 0.1) is 0 Å². The molecule has 3 aromatic rings. The largest absolute Gasteiger partial charge is 0.380 e. The van der Waals surface area contributed by atoms with Gasteiger partial charge in [-0.25, -0.2) is 0 Å². The van der Waals surface area contributed by atoms with E-state index in [1.54, 1.807) is 6.20 Å². The molecule has 1 aliphatic rings. The van der Waals surface area contributed by atoms with Crippen molar-refractivity contribution in [2.45, 2.75) is 31.3 Å². The Hall–Kier alpha value is -2.45. The Balaban J connectivity index is 1.98. The normalized spacial score (nSPS) is 17.0. The van der Waals surface area contributed by atoms with Crippen LogP contribution in [0, 0.1) is 0 Å². The average molecular weight is 315 g/mol. The Morgan fingerprint density at radius 2 is 1.25 bits per heavy atom. The zero-order valence-corrected chi connectivity index (χ0v) is 14.0. The Bertz CT molecular complexity index is 834. The van der Waals surface area contributed by atoms with Crippen LogP contribution in [-0.4, -0.2) is 10.1 Å². The van der Waals surface area contributed by atoms with E-state index in [2.05, 4.69) is 55.2 Å². The lowest BCUT2D eigenvalue weighted by Crippen LogP contribution is -2.41. The van der Waals surface area contributed by atoms with Crippen LogP contribution in [0.4, 0.5) is 0 Å². The fraction of sp³-hybridized carbons (Fsp3) is 0.227. The lowest BCUT2D eigenvalue weighted by molar-refractivity contribution is 0.0723. The fourth-order valence-corrected chi connectivity index (χ4v) is 4.02. The minimum absolute atomic E-state index is 0.135. The maximum atomic E-state index is 11.8. The zero-order valence-electron chi connectivity index (χ0n) is 14.0. The highest BCUT2D eigenvalue weighted by molar-refractivity contribution is 5.57. The van der Waals surface area contributed by atoms with E-state index in [0.29, 0.717) is 6.42 Å². The molecule has 2 aromatic carbocycles. The maximum absolute atomic E-state index is 11.8. The SMILES string of the molecule is CC1(C)c2ccccc2C(O)(Cc2ccccn2)c2ccccc21. The minimum Gasteiger partial charge on any atom is -0.380 e. The predicted molar refractivity (Wildman–Crippen MR) is 96.0 cm³/mol. The third-order valence-corrected chi connectivity index (χ3v) is 5.26. The number of rotatable bonds is 2. The van der Waals surface area contributed by atoms with Crippen LogP contribution in [0.1, 0.15) is 41.8 Å². The van der Waals surface area contributed by atoms with E-state index < -0.39 is 5.60 Å². The molecular formula is C22H21NO. The summed E-state index contributed by atoms with van der Waals surface area (Å²) in [6.45, 7) is 4.45. The Labute approximate surface area is 142 Å². The maximum Gasteiger partial charge on any atom is 0.121 e. The molecule has 0 unspecified atom stereocenters. The molecule has 0 amide bonds. The van der Waals surface area contributed by atoms with Crippen molar-refractivity contribution in [2.75, 3.05) is 0 Å². The summed E-state index contributed by atoms with van der Waals surface area (Å²) < 4.78 is 0.